The molecular formula is C16H18N4O3S. The van der Waals surface area contributed by atoms with E-state index < -0.39 is 10.0 Å². The van der Waals surface area contributed by atoms with E-state index in [0.29, 0.717) is 12.3 Å². The summed E-state index contributed by atoms with van der Waals surface area (Å²) in [5.74, 6) is 1.37. The summed E-state index contributed by atoms with van der Waals surface area (Å²) in [7, 11) is -3.66. The van der Waals surface area contributed by atoms with E-state index in [1.54, 1.807) is 18.3 Å². The zero-order valence-corrected chi connectivity index (χ0v) is 14.0. The Bertz CT molecular complexity index is 926. The lowest BCUT2D eigenvalue weighted by molar-refractivity contribution is 0.419. The number of hydrogen-bond donors (Lipinski definition) is 1. The molecule has 0 aliphatic heterocycles. The summed E-state index contributed by atoms with van der Waals surface area (Å²) >= 11 is 0. The summed E-state index contributed by atoms with van der Waals surface area (Å²) in [5.41, 5.74) is 1.90. The molecule has 0 spiro atoms. The van der Waals surface area contributed by atoms with Gasteiger partial charge in [0.05, 0.1) is 10.6 Å². The van der Waals surface area contributed by atoms with Crippen molar-refractivity contribution in [3.05, 3.63) is 54.0 Å². The largest absolute Gasteiger partial charge is 0.353 e. The van der Waals surface area contributed by atoms with Crippen LogP contribution in [-0.2, 0) is 29.4 Å². The lowest BCUT2D eigenvalue weighted by Gasteiger charge is -2.06. The molecule has 0 unspecified atom stereocenters. The van der Waals surface area contributed by atoms with Gasteiger partial charge in [0.25, 0.3) is 0 Å². The molecule has 0 atom stereocenters. The first-order valence-corrected chi connectivity index (χ1v) is 9.11. The van der Waals surface area contributed by atoms with Crippen LogP contribution in [0.3, 0.4) is 0 Å². The molecule has 0 bridgehead atoms. The molecule has 2 heterocycles. The third kappa shape index (κ3) is 3.55. The van der Waals surface area contributed by atoms with Crippen molar-refractivity contribution in [3.8, 4) is 11.6 Å². The van der Waals surface area contributed by atoms with Crippen molar-refractivity contribution in [2.75, 3.05) is 0 Å². The second kappa shape index (κ2) is 6.58. The minimum Gasteiger partial charge on any atom is -0.353 e. The Balaban J connectivity index is 1.73. The Morgan fingerprint density at radius 3 is 2.62 bits per heavy atom. The predicted octanol–water partition coefficient (Wildman–Crippen LogP) is 1.99. The standard InChI is InChI=1S/C16H18N4O3S/c1-2-13-11-15(23-19-13)16-18-8-10-20(16)9-7-12-3-5-14(6-4-12)24(17,21)22/h3-6,8,10-11H,2,7,9H2,1H3,(H2,17,21,22). The van der Waals surface area contributed by atoms with Gasteiger partial charge in [-0.25, -0.2) is 18.5 Å². The maximum Gasteiger partial charge on any atom is 0.238 e. The van der Waals surface area contributed by atoms with E-state index in [4.69, 9.17) is 9.66 Å². The molecule has 0 saturated carbocycles. The normalized spacial score (nSPS) is 11.8. The van der Waals surface area contributed by atoms with Gasteiger partial charge in [0.15, 0.2) is 5.82 Å². The number of aromatic nitrogens is 3. The molecule has 3 aromatic rings. The monoisotopic (exact) mass is 346 g/mol. The van der Waals surface area contributed by atoms with Crippen molar-refractivity contribution in [2.24, 2.45) is 5.14 Å². The maximum atomic E-state index is 11.3. The molecule has 126 valence electrons. The van der Waals surface area contributed by atoms with E-state index in [1.165, 1.54) is 12.1 Å². The first-order valence-electron chi connectivity index (χ1n) is 7.56. The Labute approximate surface area is 140 Å². The first-order chi connectivity index (χ1) is 11.5. The lowest BCUT2D eigenvalue weighted by atomic mass is 10.1. The summed E-state index contributed by atoms with van der Waals surface area (Å²) in [4.78, 5) is 4.44. The van der Waals surface area contributed by atoms with E-state index in [9.17, 15) is 8.42 Å². The summed E-state index contributed by atoms with van der Waals surface area (Å²) in [6, 6.07) is 8.45. The highest BCUT2D eigenvalue weighted by Crippen LogP contribution is 2.19. The quantitative estimate of drug-likeness (QED) is 0.735. The number of imidazole rings is 1. The highest BCUT2D eigenvalue weighted by Gasteiger charge is 2.12. The number of nitrogens with zero attached hydrogens (tertiary/aromatic N) is 3. The van der Waals surface area contributed by atoms with Gasteiger partial charge in [0.2, 0.25) is 15.8 Å². The Hall–Kier alpha value is -2.45. The molecule has 8 heteroatoms. The van der Waals surface area contributed by atoms with Crippen molar-refractivity contribution in [3.63, 3.8) is 0 Å². The fraction of sp³-hybridized carbons (Fsp3) is 0.250. The van der Waals surface area contributed by atoms with Crippen molar-refractivity contribution < 1.29 is 12.9 Å². The molecule has 0 fully saturated rings. The topological polar surface area (TPSA) is 104 Å². The third-order valence-electron chi connectivity index (χ3n) is 3.75. The molecule has 3 rings (SSSR count). The van der Waals surface area contributed by atoms with Crippen LogP contribution in [0, 0.1) is 0 Å². The van der Waals surface area contributed by atoms with E-state index >= 15 is 0 Å². The van der Waals surface area contributed by atoms with Gasteiger partial charge in [-0.3, -0.25) is 0 Å². The average Bonchev–Trinajstić information content (AvgIpc) is 3.21. The Morgan fingerprint density at radius 2 is 2.00 bits per heavy atom. The molecule has 0 amide bonds. The van der Waals surface area contributed by atoms with Crippen molar-refractivity contribution in [1.82, 2.24) is 14.7 Å². The molecule has 2 aromatic heterocycles. The predicted molar refractivity (Wildman–Crippen MR) is 88.6 cm³/mol. The molecule has 0 radical (unpaired) electrons. The van der Waals surface area contributed by atoms with Gasteiger partial charge in [0, 0.05) is 25.0 Å². The minimum absolute atomic E-state index is 0.114. The SMILES string of the molecule is CCc1cc(-c2nccn2CCc2ccc(S(N)(=O)=O)cc2)on1. The molecule has 0 aliphatic carbocycles. The van der Waals surface area contributed by atoms with Crippen LogP contribution in [0.2, 0.25) is 0 Å². The Morgan fingerprint density at radius 1 is 1.25 bits per heavy atom. The van der Waals surface area contributed by atoms with Gasteiger partial charge in [0.1, 0.15) is 0 Å². The maximum absolute atomic E-state index is 11.3. The summed E-state index contributed by atoms with van der Waals surface area (Å²) < 4.78 is 29.8. The van der Waals surface area contributed by atoms with Gasteiger partial charge < -0.3 is 9.09 Å². The van der Waals surface area contributed by atoms with E-state index in [2.05, 4.69) is 10.1 Å². The average molecular weight is 346 g/mol. The van der Waals surface area contributed by atoms with Crippen LogP contribution in [-0.4, -0.2) is 23.1 Å². The van der Waals surface area contributed by atoms with E-state index in [0.717, 1.165) is 29.9 Å². The molecule has 0 aliphatic rings. The van der Waals surface area contributed by atoms with E-state index in [1.807, 2.05) is 23.8 Å². The number of hydrogen-bond acceptors (Lipinski definition) is 5. The van der Waals surface area contributed by atoms with Gasteiger partial charge >= 0.3 is 0 Å². The zero-order chi connectivity index (χ0) is 17.2. The van der Waals surface area contributed by atoms with Crippen LogP contribution >= 0.6 is 0 Å². The molecule has 0 saturated heterocycles. The van der Waals surface area contributed by atoms with E-state index in [-0.39, 0.29) is 4.90 Å². The summed E-state index contributed by atoms with van der Waals surface area (Å²) in [6.07, 6.45) is 5.12. The summed E-state index contributed by atoms with van der Waals surface area (Å²) in [5, 5.41) is 9.08. The zero-order valence-electron chi connectivity index (χ0n) is 13.2. The number of benzene rings is 1. The number of primary sulfonamides is 1. The van der Waals surface area contributed by atoms with Crippen LogP contribution in [0.4, 0.5) is 0 Å². The molecule has 1 aromatic carbocycles. The van der Waals surface area contributed by atoms with Gasteiger partial charge in [-0.15, -0.1) is 0 Å². The number of rotatable bonds is 6. The molecule has 24 heavy (non-hydrogen) atoms. The molecular weight excluding hydrogens is 328 g/mol. The van der Waals surface area contributed by atoms with Crippen LogP contribution in [0.15, 0.2) is 52.1 Å². The van der Waals surface area contributed by atoms with Crippen LogP contribution in [0.1, 0.15) is 18.2 Å². The highest BCUT2D eigenvalue weighted by atomic mass is 32.2. The van der Waals surface area contributed by atoms with Crippen LogP contribution < -0.4 is 5.14 Å². The summed E-state index contributed by atoms with van der Waals surface area (Å²) in [6.45, 7) is 2.70. The fourth-order valence-electron chi connectivity index (χ4n) is 2.39. The lowest BCUT2D eigenvalue weighted by Crippen LogP contribution is -2.12. The van der Waals surface area contributed by atoms with Crippen molar-refractivity contribution >= 4 is 10.0 Å². The van der Waals surface area contributed by atoms with Crippen LogP contribution in [0.5, 0.6) is 0 Å². The van der Waals surface area contributed by atoms with Crippen molar-refractivity contribution in [2.45, 2.75) is 31.2 Å². The minimum atomic E-state index is -3.66. The van der Waals surface area contributed by atoms with Crippen LogP contribution in [0.25, 0.3) is 11.6 Å². The van der Waals surface area contributed by atoms with Gasteiger partial charge in [-0.05, 0) is 30.5 Å². The van der Waals surface area contributed by atoms with Crippen molar-refractivity contribution in [1.29, 1.82) is 0 Å². The number of nitrogens with two attached hydrogens (primary N) is 1. The van der Waals surface area contributed by atoms with Gasteiger partial charge in [-0.1, -0.05) is 24.2 Å². The number of sulfonamides is 1. The number of aryl methyl sites for hydroxylation is 3. The highest BCUT2D eigenvalue weighted by molar-refractivity contribution is 7.89. The second-order valence-corrected chi connectivity index (χ2v) is 6.98. The van der Waals surface area contributed by atoms with Gasteiger partial charge in [-0.2, -0.15) is 0 Å². The molecule has 7 nitrogen and oxygen atoms in total. The third-order valence-corrected chi connectivity index (χ3v) is 4.68. The fourth-order valence-corrected chi connectivity index (χ4v) is 2.91. The Kier molecular flexibility index (Phi) is 4.50. The second-order valence-electron chi connectivity index (χ2n) is 5.42. The smallest absolute Gasteiger partial charge is 0.238 e. The molecule has 2 N–H and O–H groups in total. The first kappa shape index (κ1) is 16.4.